The number of hydrogen-bond donors (Lipinski definition) is 1. The third kappa shape index (κ3) is 3.99. The van der Waals surface area contributed by atoms with Gasteiger partial charge in [0, 0.05) is 10.9 Å². The Bertz CT molecular complexity index is 539. The third-order valence-electron chi connectivity index (χ3n) is 3.32. The fourth-order valence-electron chi connectivity index (χ4n) is 2.27. The van der Waals surface area contributed by atoms with Gasteiger partial charge >= 0.3 is 0 Å². The van der Waals surface area contributed by atoms with Crippen LogP contribution < -0.4 is 10.5 Å². The third-order valence-corrected chi connectivity index (χ3v) is 3.56. The molecule has 0 radical (unpaired) electrons. The molecule has 0 amide bonds. The molecule has 0 saturated carbocycles. The van der Waals surface area contributed by atoms with E-state index >= 15 is 0 Å². The lowest BCUT2D eigenvalue weighted by Gasteiger charge is -2.16. The van der Waals surface area contributed by atoms with E-state index in [4.69, 9.17) is 22.1 Å². The largest absolute Gasteiger partial charge is 0.494 e. The first-order valence-electron chi connectivity index (χ1n) is 6.90. The molecule has 2 rings (SSSR count). The predicted octanol–water partition coefficient (Wildman–Crippen LogP) is 4.02. The number of rotatable bonds is 6. The number of benzene rings is 2. The van der Waals surface area contributed by atoms with Gasteiger partial charge in [-0.3, -0.25) is 0 Å². The lowest BCUT2D eigenvalue weighted by atomic mass is 9.92. The van der Waals surface area contributed by atoms with E-state index in [1.807, 2.05) is 37.3 Å². The van der Waals surface area contributed by atoms with Crippen LogP contribution in [0.15, 0.2) is 48.5 Å². The molecule has 106 valence electrons. The second-order valence-electron chi connectivity index (χ2n) is 4.77. The number of halogens is 1. The van der Waals surface area contributed by atoms with Gasteiger partial charge in [-0.1, -0.05) is 35.9 Å². The Hall–Kier alpha value is -1.51. The molecule has 0 aliphatic carbocycles. The van der Waals surface area contributed by atoms with Crippen molar-refractivity contribution in [3.63, 3.8) is 0 Å². The zero-order valence-corrected chi connectivity index (χ0v) is 12.4. The van der Waals surface area contributed by atoms with E-state index in [-0.39, 0.29) is 5.92 Å². The summed E-state index contributed by atoms with van der Waals surface area (Å²) in [7, 11) is 0. The normalized spacial score (nSPS) is 12.2. The Kier molecular flexibility index (Phi) is 5.45. The average Bonchev–Trinajstić information content (AvgIpc) is 2.47. The van der Waals surface area contributed by atoms with E-state index in [0.29, 0.717) is 13.2 Å². The monoisotopic (exact) mass is 289 g/mol. The molecular weight excluding hydrogens is 270 g/mol. The predicted molar refractivity (Wildman–Crippen MR) is 84.6 cm³/mol. The van der Waals surface area contributed by atoms with Crippen LogP contribution in [0.1, 0.15) is 24.0 Å². The van der Waals surface area contributed by atoms with Crippen LogP contribution in [0, 0.1) is 0 Å². The molecule has 0 spiro atoms. The van der Waals surface area contributed by atoms with Crippen LogP contribution in [-0.4, -0.2) is 13.2 Å². The average molecular weight is 290 g/mol. The molecule has 1 unspecified atom stereocenters. The maximum absolute atomic E-state index is 6.05. The smallest absolute Gasteiger partial charge is 0.119 e. The number of hydrogen-bond acceptors (Lipinski definition) is 2. The van der Waals surface area contributed by atoms with Crippen molar-refractivity contribution in [2.24, 2.45) is 5.73 Å². The topological polar surface area (TPSA) is 35.2 Å². The standard InChI is InChI=1S/C17H20ClNO/c1-2-20-17-8-6-13(7-9-17)10-15(12-19)14-4-3-5-16(18)11-14/h3-9,11,15H,2,10,12,19H2,1H3. The highest BCUT2D eigenvalue weighted by atomic mass is 35.5. The van der Waals surface area contributed by atoms with Crippen molar-refractivity contribution in [1.82, 2.24) is 0 Å². The van der Waals surface area contributed by atoms with Crippen LogP contribution in [-0.2, 0) is 6.42 Å². The van der Waals surface area contributed by atoms with E-state index in [2.05, 4.69) is 18.2 Å². The van der Waals surface area contributed by atoms with E-state index in [0.717, 1.165) is 17.2 Å². The minimum Gasteiger partial charge on any atom is -0.494 e. The molecule has 2 aromatic carbocycles. The van der Waals surface area contributed by atoms with Crippen LogP contribution >= 0.6 is 11.6 Å². The van der Waals surface area contributed by atoms with Crippen molar-refractivity contribution < 1.29 is 4.74 Å². The lowest BCUT2D eigenvalue weighted by molar-refractivity contribution is 0.340. The summed E-state index contributed by atoms with van der Waals surface area (Å²) < 4.78 is 5.45. The molecule has 3 heteroatoms. The highest BCUT2D eigenvalue weighted by Gasteiger charge is 2.11. The van der Waals surface area contributed by atoms with Crippen molar-refractivity contribution in [3.8, 4) is 5.75 Å². The molecular formula is C17H20ClNO. The van der Waals surface area contributed by atoms with Crippen molar-refractivity contribution in [2.45, 2.75) is 19.3 Å². The van der Waals surface area contributed by atoms with Crippen molar-refractivity contribution in [3.05, 3.63) is 64.7 Å². The maximum Gasteiger partial charge on any atom is 0.119 e. The summed E-state index contributed by atoms with van der Waals surface area (Å²) >= 11 is 6.05. The SMILES string of the molecule is CCOc1ccc(CC(CN)c2cccc(Cl)c2)cc1. The Balaban J connectivity index is 2.09. The van der Waals surface area contributed by atoms with Crippen LogP contribution in [0.4, 0.5) is 0 Å². The highest BCUT2D eigenvalue weighted by Crippen LogP contribution is 2.23. The second kappa shape index (κ2) is 7.32. The molecule has 0 heterocycles. The zero-order valence-electron chi connectivity index (χ0n) is 11.7. The highest BCUT2D eigenvalue weighted by molar-refractivity contribution is 6.30. The van der Waals surface area contributed by atoms with Crippen molar-refractivity contribution in [1.29, 1.82) is 0 Å². The van der Waals surface area contributed by atoms with Gasteiger partial charge in [0.15, 0.2) is 0 Å². The summed E-state index contributed by atoms with van der Waals surface area (Å²) in [5.74, 6) is 1.19. The molecule has 0 saturated heterocycles. The molecule has 0 aliphatic rings. The summed E-state index contributed by atoms with van der Waals surface area (Å²) in [6.07, 6.45) is 0.906. The molecule has 2 N–H and O–H groups in total. The number of nitrogens with two attached hydrogens (primary N) is 1. The van der Waals surface area contributed by atoms with Crippen LogP contribution in [0.3, 0.4) is 0 Å². The lowest BCUT2D eigenvalue weighted by Crippen LogP contribution is -2.15. The first kappa shape index (κ1) is 14.9. The molecule has 2 nitrogen and oxygen atoms in total. The maximum atomic E-state index is 6.05. The minimum atomic E-state index is 0.284. The van der Waals surface area contributed by atoms with E-state index in [1.54, 1.807) is 0 Å². The molecule has 2 aromatic rings. The van der Waals surface area contributed by atoms with E-state index in [9.17, 15) is 0 Å². The minimum absolute atomic E-state index is 0.284. The summed E-state index contributed by atoms with van der Waals surface area (Å²) in [5, 5.41) is 0.757. The Morgan fingerprint density at radius 2 is 1.90 bits per heavy atom. The molecule has 20 heavy (non-hydrogen) atoms. The molecule has 0 aromatic heterocycles. The summed E-state index contributed by atoms with van der Waals surface area (Å²) in [5.41, 5.74) is 8.35. The van der Waals surface area contributed by atoms with Gasteiger partial charge in [-0.2, -0.15) is 0 Å². The summed E-state index contributed by atoms with van der Waals surface area (Å²) in [6, 6.07) is 16.1. The van der Waals surface area contributed by atoms with Gasteiger partial charge in [0.2, 0.25) is 0 Å². The van der Waals surface area contributed by atoms with E-state index in [1.165, 1.54) is 11.1 Å². The Labute approximate surface area is 125 Å². The van der Waals surface area contributed by atoms with Crippen LogP contribution in [0.25, 0.3) is 0 Å². The van der Waals surface area contributed by atoms with Gasteiger partial charge in [0.25, 0.3) is 0 Å². The molecule has 0 aliphatic heterocycles. The van der Waals surface area contributed by atoms with Gasteiger partial charge in [0.1, 0.15) is 5.75 Å². The van der Waals surface area contributed by atoms with Gasteiger partial charge in [0.05, 0.1) is 6.61 Å². The Morgan fingerprint density at radius 3 is 2.50 bits per heavy atom. The first-order valence-corrected chi connectivity index (χ1v) is 7.28. The van der Waals surface area contributed by atoms with Crippen LogP contribution in [0.5, 0.6) is 5.75 Å². The quantitative estimate of drug-likeness (QED) is 0.871. The van der Waals surface area contributed by atoms with Crippen molar-refractivity contribution >= 4 is 11.6 Å². The summed E-state index contributed by atoms with van der Waals surface area (Å²) in [6.45, 7) is 3.28. The zero-order chi connectivity index (χ0) is 14.4. The number of ether oxygens (including phenoxy) is 1. The van der Waals surface area contributed by atoms with Gasteiger partial charge in [-0.05, 0) is 55.3 Å². The summed E-state index contributed by atoms with van der Waals surface area (Å²) in [4.78, 5) is 0. The van der Waals surface area contributed by atoms with Gasteiger partial charge in [-0.15, -0.1) is 0 Å². The van der Waals surface area contributed by atoms with Crippen molar-refractivity contribution in [2.75, 3.05) is 13.2 Å². The fourth-order valence-corrected chi connectivity index (χ4v) is 2.47. The second-order valence-corrected chi connectivity index (χ2v) is 5.21. The molecule has 0 fully saturated rings. The molecule has 0 bridgehead atoms. The van der Waals surface area contributed by atoms with E-state index < -0.39 is 0 Å². The Morgan fingerprint density at radius 1 is 1.15 bits per heavy atom. The molecule has 1 atom stereocenters. The van der Waals surface area contributed by atoms with Crippen LogP contribution in [0.2, 0.25) is 5.02 Å². The first-order chi connectivity index (χ1) is 9.72. The van der Waals surface area contributed by atoms with Gasteiger partial charge in [-0.25, -0.2) is 0 Å². The fraction of sp³-hybridized carbons (Fsp3) is 0.294. The van der Waals surface area contributed by atoms with Gasteiger partial charge < -0.3 is 10.5 Å².